The Balaban J connectivity index is 2.01. The SMILES string of the molecule is CC1(CNc2nc(Cl)nnc2Cl)CCCC1. The summed E-state index contributed by atoms with van der Waals surface area (Å²) in [5.74, 6) is 0.523. The van der Waals surface area contributed by atoms with Crippen molar-refractivity contribution in [1.29, 1.82) is 0 Å². The van der Waals surface area contributed by atoms with Gasteiger partial charge in [-0.15, -0.1) is 10.2 Å². The summed E-state index contributed by atoms with van der Waals surface area (Å²) < 4.78 is 0. The highest BCUT2D eigenvalue weighted by atomic mass is 35.5. The van der Waals surface area contributed by atoms with Crippen LogP contribution in [-0.4, -0.2) is 21.7 Å². The summed E-state index contributed by atoms with van der Waals surface area (Å²) in [5.41, 5.74) is 0.334. The lowest BCUT2D eigenvalue weighted by molar-refractivity contribution is 0.361. The minimum atomic E-state index is 0.114. The molecule has 1 aromatic heterocycles. The molecule has 0 saturated heterocycles. The molecule has 88 valence electrons. The molecule has 0 aliphatic heterocycles. The molecule has 0 atom stereocenters. The first-order chi connectivity index (χ1) is 7.59. The first kappa shape index (κ1) is 11.9. The molecule has 0 amide bonds. The smallest absolute Gasteiger partial charge is 0.245 e. The third kappa shape index (κ3) is 2.74. The van der Waals surface area contributed by atoms with E-state index >= 15 is 0 Å². The molecule has 1 fully saturated rings. The molecule has 0 spiro atoms. The fourth-order valence-electron chi connectivity index (χ4n) is 2.11. The van der Waals surface area contributed by atoms with Gasteiger partial charge in [-0.25, -0.2) is 0 Å². The van der Waals surface area contributed by atoms with Crippen molar-refractivity contribution in [2.75, 3.05) is 11.9 Å². The summed E-state index contributed by atoms with van der Waals surface area (Å²) in [6, 6.07) is 0. The molecule has 4 nitrogen and oxygen atoms in total. The van der Waals surface area contributed by atoms with E-state index in [2.05, 4.69) is 27.4 Å². The average molecular weight is 261 g/mol. The molecular weight excluding hydrogens is 247 g/mol. The van der Waals surface area contributed by atoms with E-state index in [4.69, 9.17) is 23.2 Å². The zero-order chi connectivity index (χ0) is 11.6. The lowest BCUT2D eigenvalue weighted by Crippen LogP contribution is -2.23. The predicted octanol–water partition coefficient (Wildman–Crippen LogP) is 3.17. The molecule has 1 aliphatic rings. The van der Waals surface area contributed by atoms with Crippen LogP contribution < -0.4 is 5.32 Å². The van der Waals surface area contributed by atoms with Crippen LogP contribution in [0.2, 0.25) is 10.4 Å². The average Bonchev–Trinajstić information content (AvgIpc) is 2.67. The molecule has 0 unspecified atom stereocenters. The molecule has 1 N–H and O–H groups in total. The normalized spacial score (nSPS) is 18.7. The van der Waals surface area contributed by atoms with Gasteiger partial charge in [0.1, 0.15) is 0 Å². The molecule has 2 rings (SSSR count). The van der Waals surface area contributed by atoms with Crippen LogP contribution in [0, 0.1) is 5.41 Å². The van der Waals surface area contributed by atoms with Gasteiger partial charge in [0.15, 0.2) is 11.0 Å². The number of rotatable bonds is 3. The first-order valence-electron chi connectivity index (χ1n) is 5.39. The number of hydrogen-bond donors (Lipinski definition) is 1. The first-order valence-corrected chi connectivity index (χ1v) is 6.14. The fourth-order valence-corrected chi connectivity index (χ4v) is 2.38. The van der Waals surface area contributed by atoms with Crippen molar-refractivity contribution in [3.05, 3.63) is 10.4 Å². The fraction of sp³-hybridized carbons (Fsp3) is 0.700. The summed E-state index contributed by atoms with van der Waals surface area (Å²) in [7, 11) is 0. The number of aromatic nitrogens is 3. The minimum absolute atomic E-state index is 0.114. The standard InChI is InChI=1S/C10H14Cl2N4/c1-10(4-2-3-5-10)6-13-8-7(11)15-16-9(12)14-8/h2-6H2,1H3,(H,13,14,16). The Bertz CT molecular complexity index is 377. The van der Waals surface area contributed by atoms with E-state index in [1.54, 1.807) is 0 Å². The highest BCUT2D eigenvalue weighted by Crippen LogP contribution is 2.37. The molecular formula is C10H14Cl2N4. The van der Waals surface area contributed by atoms with Crippen LogP contribution in [0.25, 0.3) is 0 Å². The van der Waals surface area contributed by atoms with Crippen molar-refractivity contribution in [3.63, 3.8) is 0 Å². The highest BCUT2D eigenvalue weighted by molar-refractivity contribution is 6.32. The summed E-state index contributed by atoms with van der Waals surface area (Å²) in [5, 5.41) is 10.9. The molecule has 6 heteroatoms. The van der Waals surface area contributed by atoms with Gasteiger partial charge in [0.2, 0.25) is 5.28 Å². The number of nitrogens with zero attached hydrogens (tertiary/aromatic N) is 3. The molecule has 16 heavy (non-hydrogen) atoms. The van der Waals surface area contributed by atoms with Gasteiger partial charge >= 0.3 is 0 Å². The van der Waals surface area contributed by atoms with Crippen molar-refractivity contribution in [2.24, 2.45) is 5.41 Å². The Morgan fingerprint density at radius 1 is 1.25 bits per heavy atom. The topological polar surface area (TPSA) is 50.7 Å². The summed E-state index contributed by atoms with van der Waals surface area (Å²) in [6.07, 6.45) is 5.08. The van der Waals surface area contributed by atoms with Crippen LogP contribution >= 0.6 is 23.2 Å². The summed E-state index contributed by atoms with van der Waals surface area (Å²) in [6.45, 7) is 3.12. The van der Waals surface area contributed by atoms with E-state index < -0.39 is 0 Å². The van der Waals surface area contributed by atoms with Crippen LogP contribution in [-0.2, 0) is 0 Å². The number of hydrogen-bond acceptors (Lipinski definition) is 4. The van der Waals surface area contributed by atoms with Gasteiger partial charge < -0.3 is 5.32 Å². The molecule has 0 aromatic carbocycles. The van der Waals surface area contributed by atoms with E-state index in [0.29, 0.717) is 11.2 Å². The Labute approximate surface area is 105 Å². The van der Waals surface area contributed by atoms with Crippen molar-refractivity contribution in [1.82, 2.24) is 15.2 Å². The van der Waals surface area contributed by atoms with E-state index in [1.807, 2.05) is 0 Å². The summed E-state index contributed by atoms with van der Waals surface area (Å²) >= 11 is 11.5. The van der Waals surface area contributed by atoms with Crippen LogP contribution in [0.1, 0.15) is 32.6 Å². The Hall–Kier alpha value is -0.610. The van der Waals surface area contributed by atoms with Gasteiger partial charge in [-0.2, -0.15) is 4.98 Å². The van der Waals surface area contributed by atoms with E-state index in [9.17, 15) is 0 Å². The number of anilines is 1. The lowest BCUT2D eigenvalue weighted by atomic mass is 9.89. The third-order valence-corrected chi connectivity index (χ3v) is 3.53. The second-order valence-electron chi connectivity index (χ2n) is 4.59. The van der Waals surface area contributed by atoms with Gasteiger partial charge in [0, 0.05) is 6.54 Å². The summed E-state index contributed by atoms with van der Waals surface area (Å²) in [4.78, 5) is 4.01. The van der Waals surface area contributed by atoms with Crippen LogP contribution in [0.3, 0.4) is 0 Å². The maximum Gasteiger partial charge on any atom is 0.245 e. The van der Waals surface area contributed by atoms with E-state index in [1.165, 1.54) is 25.7 Å². The Morgan fingerprint density at radius 3 is 2.62 bits per heavy atom. The molecule has 1 heterocycles. The monoisotopic (exact) mass is 260 g/mol. The van der Waals surface area contributed by atoms with Gasteiger partial charge in [0.25, 0.3) is 0 Å². The van der Waals surface area contributed by atoms with Crippen LogP contribution in [0.5, 0.6) is 0 Å². The molecule has 1 aliphatic carbocycles. The quantitative estimate of drug-likeness (QED) is 0.907. The highest BCUT2D eigenvalue weighted by Gasteiger charge is 2.28. The molecule has 1 saturated carbocycles. The van der Waals surface area contributed by atoms with Crippen molar-refractivity contribution in [2.45, 2.75) is 32.6 Å². The number of nitrogens with one attached hydrogen (secondary N) is 1. The third-order valence-electron chi connectivity index (χ3n) is 3.11. The van der Waals surface area contributed by atoms with Gasteiger partial charge in [-0.3, -0.25) is 0 Å². The van der Waals surface area contributed by atoms with Gasteiger partial charge in [0.05, 0.1) is 0 Å². The van der Waals surface area contributed by atoms with Crippen molar-refractivity contribution >= 4 is 29.0 Å². The predicted molar refractivity (Wildman–Crippen MR) is 64.9 cm³/mol. The number of halogens is 2. The van der Waals surface area contributed by atoms with Crippen molar-refractivity contribution in [3.8, 4) is 0 Å². The maximum absolute atomic E-state index is 5.87. The second kappa shape index (κ2) is 4.72. The van der Waals surface area contributed by atoms with Crippen LogP contribution in [0.4, 0.5) is 5.82 Å². The van der Waals surface area contributed by atoms with Gasteiger partial charge in [-0.05, 0) is 29.9 Å². The molecule has 0 bridgehead atoms. The van der Waals surface area contributed by atoms with E-state index in [-0.39, 0.29) is 10.4 Å². The largest absolute Gasteiger partial charge is 0.367 e. The van der Waals surface area contributed by atoms with Crippen LogP contribution in [0.15, 0.2) is 0 Å². The second-order valence-corrected chi connectivity index (χ2v) is 5.29. The van der Waals surface area contributed by atoms with Crippen molar-refractivity contribution < 1.29 is 0 Å². The lowest BCUT2D eigenvalue weighted by Gasteiger charge is -2.23. The zero-order valence-electron chi connectivity index (χ0n) is 9.13. The minimum Gasteiger partial charge on any atom is -0.367 e. The molecule has 1 aromatic rings. The van der Waals surface area contributed by atoms with Gasteiger partial charge in [-0.1, -0.05) is 31.4 Å². The van der Waals surface area contributed by atoms with E-state index in [0.717, 1.165) is 6.54 Å². The zero-order valence-corrected chi connectivity index (χ0v) is 10.6. The maximum atomic E-state index is 5.87. The molecule has 0 radical (unpaired) electrons. The Morgan fingerprint density at radius 2 is 1.94 bits per heavy atom. The Kier molecular flexibility index (Phi) is 3.50.